The molecule has 0 atom stereocenters. The van der Waals surface area contributed by atoms with E-state index in [1.165, 1.54) is 30.6 Å². The molecule has 21 heavy (non-hydrogen) atoms. The number of rotatable bonds is 6. The van der Waals surface area contributed by atoms with E-state index in [1.54, 1.807) is 0 Å². The van der Waals surface area contributed by atoms with Gasteiger partial charge in [0.1, 0.15) is 0 Å². The van der Waals surface area contributed by atoms with E-state index in [9.17, 15) is 4.79 Å². The van der Waals surface area contributed by atoms with Crippen LogP contribution >= 0.6 is 11.8 Å². The lowest BCUT2D eigenvalue weighted by molar-refractivity contribution is -0.116. The van der Waals surface area contributed by atoms with Crippen molar-refractivity contribution in [1.29, 1.82) is 0 Å². The van der Waals surface area contributed by atoms with Gasteiger partial charge in [0.2, 0.25) is 5.91 Å². The second-order valence-electron chi connectivity index (χ2n) is 6.59. The fourth-order valence-electron chi connectivity index (χ4n) is 2.47. The molecule has 116 valence electrons. The van der Waals surface area contributed by atoms with Crippen molar-refractivity contribution in [2.75, 3.05) is 5.32 Å². The Bertz CT molecular complexity index is 459. The van der Waals surface area contributed by atoms with Crippen molar-refractivity contribution in [1.82, 2.24) is 0 Å². The average Bonchev–Trinajstić information content (AvgIpc) is 2.91. The van der Waals surface area contributed by atoms with Gasteiger partial charge < -0.3 is 11.1 Å². The molecule has 3 N–H and O–H groups in total. The minimum absolute atomic E-state index is 0.0321. The second-order valence-corrected chi connectivity index (χ2v) is 7.96. The number of thioether (sulfide) groups is 1. The third-order valence-corrected chi connectivity index (χ3v) is 5.09. The molecule has 0 heterocycles. The molecule has 0 aliphatic heterocycles. The third kappa shape index (κ3) is 6.10. The highest BCUT2D eigenvalue weighted by Crippen LogP contribution is 2.34. The molecule has 4 heteroatoms. The molecule has 0 aromatic heterocycles. The van der Waals surface area contributed by atoms with Crippen LogP contribution in [-0.4, -0.2) is 16.7 Å². The van der Waals surface area contributed by atoms with Crippen LogP contribution in [0.4, 0.5) is 5.69 Å². The first-order valence-electron chi connectivity index (χ1n) is 7.78. The number of hydrogen-bond donors (Lipinski definition) is 2. The van der Waals surface area contributed by atoms with Crippen molar-refractivity contribution in [3.63, 3.8) is 0 Å². The lowest BCUT2D eigenvalue weighted by Gasteiger charge is -2.17. The molecule has 0 saturated heterocycles. The van der Waals surface area contributed by atoms with Crippen LogP contribution < -0.4 is 11.1 Å². The van der Waals surface area contributed by atoms with Gasteiger partial charge in [-0.1, -0.05) is 12.8 Å². The topological polar surface area (TPSA) is 55.1 Å². The first-order valence-corrected chi connectivity index (χ1v) is 8.66. The minimum atomic E-state index is -0.293. The Balaban J connectivity index is 1.80. The number of nitrogens with two attached hydrogens (primary N) is 1. The highest BCUT2D eigenvalue weighted by molar-refractivity contribution is 8.00. The first kappa shape index (κ1) is 16.4. The maximum Gasteiger partial charge on any atom is 0.224 e. The summed E-state index contributed by atoms with van der Waals surface area (Å²) < 4.78 is 0. The standard InChI is InChI=1S/C17H26N2OS/c1-17(2,18)12-11-16(20)19-13-7-9-15(10-8-13)21-14-5-3-4-6-14/h7-10,14H,3-6,11-12,18H2,1-2H3,(H,19,20). The van der Waals surface area contributed by atoms with Crippen LogP contribution in [0.5, 0.6) is 0 Å². The Morgan fingerprint density at radius 3 is 2.48 bits per heavy atom. The van der Waals surface area contributed by atoms with Crippen molar-refractivity contribution in [2.45, 2.75) is 68.1 Å². The van der Waals surface area contributed by atoms with Crippen molar-refractivity contribution in [3.8, 4) is 0 Å². The van der Waals surface area contributed by atoms with Crippen LogP contribution in [0.1, 0.15) is 52.4 Å². The fourth-order valence-corrected chi connectivity index (χ4v) is 3.72. The molecule has 1 saturated carbocycles. The van der Waals surface area contributed by atoms with E-state index in [2.05, 4.69) is 17.4 Å². The van der Waals surface area contributed by atoms with Gasteiger partial charge in [-0.05, 0) is 57.4 Å². The molecular formula is C17H26N2OS. The fraction of sp³-hybridized carbons (Fsp3) is 0.588. The van der Waals surface area contributed by atoms with E-state index >= 15 is 0 Å². The minimum Gasteiger partial charge on any atom is -0.326 e. The quantitative estimate of drug-likeness (QED) is 0.829. The zero-order chi connectivity index (χ0) is 15.3. The number of nitrogens with one attached hydrogen (secondary N) is 1. The molecule has 1 aromatic rings. The molecule has 1 aromatic carbocycles. The van der Waals surface area contributed by atoms with Gasteiger partial charge in [0, 0.05) is 27.8 Å². The van der Waals surface area contributed by atoms with Crippen molar-refractivity contribution in [2.24, 2.45) is 5.73 Å². The van der Waals surface area contributed by atoms with Gasteiger partial charge >= 0.3 is 0 Å². The van der Waals surface area contributed by atoms with Crippen LogP contribution in [0.15, 0.2) is 29.2 Å². The van der Waals surface area contributed by atoms with Crippen LogP contribution in [0, 0.1) is 0 Å². The second kappa shape index (κ2) is 7.32. The Hall–Kier alpha value is -1.00. The monoisotopic (exact) mass is 306 g/mol. The number of hydrogen-bond acceptors (Lipinski definition) is 3. The highest BCUT2D eigenvalue weighted by atomic mass is 32.2. The molecule has 0 radical (unpaired) electrons. The van der Waals surface area contributed by atoms with Gasteiger partial charge in [-0.2, -0.15) is 0 Å². The van der Waals surface area contributed by atoms with E-state index in [-0.39, 0.29) is 11.4 Å². The number of amides is 1. The molecule has 0 bridgehead atoms. The summed E-state index contributed by atoms with van der Waals surface area (Å²) in [5.74, 6) is 0.0321. The van der Waals surface area contributed by atoms with Gasteiger partial charge in [-0.25, -0.2) is 0 Å². The lowest BCUT2D eigenvalue weighted by atomic mass is 10.00. The maximum atomic E-state index is 11.9. The zero-order valence-electron chi connectivity index (χ0n) is 13.0. The lowest BCUT2D eigenvalue weighted by Crippen LogP contribution is -2.33. The molecule has 1 fully saturated rings. The molecule has 0 unspecified atom stereocenters. The van der Waals surface area contributed by atoms with E-state index in [0.29, 0.717) is 12.8 Å². The molecule has 1 amide bonds. The summed E-state index contributed by atoms with van der Waals surface area (Å²) in [7, 11) is 0. The summed E-state index contributed by atoms with van der Waals surface area (Å²) >= 11 is 1.96. The Morgan fingerprint density at radius 2 is 1.90 bits per heavy atom. The predicted molar refractivity (Wildman–Crippen MR) is 90.7 cm³/mol. The summed E-state index contributed by atoms with van der Waals surface area (Å²) in [6.45, 7) is 3.88. The summed E-state index contributed by atoms with van der Waals surface area (Å²) in [4.78, 5) is 13.1. The number of carbonyl (C=O) groups is 1. The predicted octanol–water partition coefficient (Wildman–Crippen LogP) is 4.18. The molecule has 2 rings (SSSR count). The molecule has 3 nitrogen and oxygen atoms in total. The van der Waals surface area contributed by atoms with Crippen LogP contribution in [0.3, 0.4) is 0 Å². The van der Waals surface area contributed by atoms with Crippen molar-refractivity contribution >= 4 is 23.4 Å². The van der Waals surface area contributed by atoms with Crippen LogP contribution in [0.25, 0.3) is 0 Å². The molecule has 0 spiro atoms. The van der Waals surface area contributed by atoms with E-state index in [1.807, 2.05) is 37.7 Å². The smallest absolute Gasteiger partial charge is 0.224 e. The summed E-state index contributed by atoms with van der Waals surface area (Å²) in [5.41, 5.74) is 6.47. The van der Waals surface area contributed by atoms with Gasteiger partial charge in [-0.3, -0.25) is 4.79 Å². The number of carbonyl (C=O) groups excluding carboxylic acids is 1. The van der Waals surface area contributed by atoms with Crippen molar-refractivity contribution < 1.29 is 4.79 Å². The molecule has 1 aliphatic carbocycles. The normalized spacial score (nSPS) is 16.1. The Kier molecular flexibility index (Phi) is 5.71. The average molecular weight is 306 g/mol. The van der Waals surface area contributed by atoms with E-state index in [0.717, 1.165) is 10.9 Å². The zero-order valence-corrected chi connectivity index (χ0v) is 13.8. The van der Waals surface area contributed by atoms with E-state index in [4.69, 9.17) is 5.73 Å². The molecular weight excluding hydrogens is 280 g/mol. The number of anilines is 1. The summed E-state index contributed by atoms with van der Waals surface area (Å²) in [6.07, 6.45) is 6.54. The largest absolute Gasteiger partial charge is 0.326 e. The SMILES string of the molecule is CC(C)(N)CCC(=O)Nc1ccc(SC2CCCC2)cc1. The van der Waals surface area contributed by atoms with Crippen LogP contribution in [-0.2, 0) is 4.79 Å². The Morgan fingerprint density at radius 1 is 1.29 bits per heavy atom. The van der Waals surface area contributed by atoms with Crippen LogP contribution in [0.2, 0.25) is 0 Å². The third-order valence-electron chi connectivity index (χ3n) is 3.74. The van der Waals surface area contributed by atoms with E-state index < -0.39 is 0 Å². The summed E-state index contributed by atoms with van der Waals surface area (Å²) in [5, 5.41) is 3.71. The first-order chi connectivity index (χ1) is 9.92. The summed E-state index contributed by atoms with van der Waals surface area (Å²) in [6, 6.07) is 8.18. The number of benzene rings is 1. The highest BCUT2D eigenvalue weighted by Gasteiger charge is 2.16. The van der Waals surface area contributed by atoms with Gasteiger partial charge in [0.05, 0.1) is 0 Å². The Labute approximate surface area is 132 Å². The maximum absolute atomic E-state index is 11.9. The van der Waals surface area contributed by atoms with Gasteiger partial charge in [0.25, 0.3) is 0 Å². The van der Waals surface area contributed by atoms with Crippen molar-refractivity contribution in [3.05, 3.63) is 24.3 Å². The van der Waals surface area contributed by atoms with Gasteiger partial charge in [0.15, 0.2) is 0 Å². The molecule has 1 aliphatic rings. The van der Waals surface area contributed by atoms with Gasteiger partial charge in [-0.15, -0.1) is 11.8 Å².